The predicted octanol–water partition coefficient (Wildman–Crippen LogP) is 2.67. The quantitative estimate of drug-likeness (QED) is 0.728. The fourth-order valence-electron chi connectivity index (χ4n) is 2.62. The molecule has 2 aromatic rings. The van der Waals surface area contributed by atoms with Crippen molar-refractivity contribution >= 4 is 28.7 Å². The Labute approximate surface area is 141 Å². The number of hydrogen-bond acceptors (Lipinski definition) is 4. The van der Waals surface area contributed by atoms with Crippen molar-refractivity contribution in [1.82, 2.24) is 14.9 Å². The zero-order valence-electron chi connectivity index (χ0n) is 14.0. The number of aliphatic hydroxyl groups excluding tert-OH is 1. The van der Waals surface area contributed by atoms with Crippen molar-refractivity contribution in [2.75, 3.05) is 12.4 Å². The fraction of sp³-hybridized carbons (Fsp3) is 0.529. The topological polar surface area (TPSA) is 67.2 Å². The van der Waals surface area contributed by atoms with Crippen LogP contribution >= 0.6 is 11.8 Å². The van der Waals surface area contributed by atoms with Crippen LogP contribution in [0.15, 0.2) is 29.4 Å². The number of carbonyl (C=O) groups is 1. The van der Waals surface area contributed by atoms with Gasteiger partial charge in [-0.15, -0.1) is 0 Å². The van der Waals surface area contributed by atoms with E-state index in [4.69, 9.17) is 0 Å². The van der Waals surface area contributed by atoms with Crippen LogP contribution in [0.3, 0.4) is 0 Å². The van der Waals surface area contributed by atoms with E-state index < -0.39 is 0 Å². The molecule has 0 aliphatic heterocycles. The summed E-state index contributed by atoms with van der Waals surface area (Å²) >= 11 is 1.44. The lowest BCUT2D eigenvalue weighted by atomic mass is 10.0. The average molecular weight is 335 g/mol. The first-order valence-corrected chi connectivity index (χ1v) is 9.02. The molecular weight excluding hydrogens is 310 g/mol. The largest absolute Gasteiger partial charge is 0.394 e. The highest BCUT2D eigenvalue weighted by Gasteiger charge is 2.15. The maximum Gasteiger partial charge on any atom is 0.230 e. The monoisotopic (exact) mass is 335 g/mol. The zero-order chi connectivity index (χ0) is 16.8. The van der Waals surface area contributed by atoms with Crippen LogP contribution in [0.1, 0.15) is 27.2 Å². The summed E-state index contributed by atoms with van der Waals surface area (Å²) in [5, 5.41) is 13.1. The number of hydrogen-bond donors (Lipinski definition) is 2. The molecule has 1 atom stereocenters. The minimum absolute atomic E-state index is 0.0257. The van der Waals surface area contributed by atoms with Crippen molar-refractivity contribution in [2.45, 2.75) is 44.9 Å². The number of rotatable bonds is 8. The minimum atomic E-state index is -0.173. The van der Waals surface area contributed by atoms with Gasteiger partial charge in [0.15, 0.2) is 5.16 Å². The van der Waals surface area contributed by atoms with Gasteiger partial charge in [-0.3, -0.25) is 4.79 Å². The number of aryl methyl sites for hydroxylation is 1. The number of amides is 1. The predicted molar refractivity (Wildman–Crippen MR) is 94.6 cm³/mol. The normalized spacial score (nSPS) is 12.7. The van der Waals surface area contributed by atoms with Gasteiger partial charge in [-0.05, 0) is 31.4 Å². The number of para-hydroxylation sites is 2. The van der Waals surface area contributed by atoms with E-state index in [1.165, 1.54) is 11.8 Å². The van der Waals surface area contributed by atoms with Crippen molar-refractivity contribution in [3.63, 3.8) is 0 Å². The second-order valence-corrected chi connectivity index (χ2v) is 6.94. The molecule has 0 bridgehead atoms. The Morgan fingerprint density at radius 3 is 2.78 bits per heavy atom. The van der Waals surface area contributed by atoms with E-state index in [2.05, 4.69) is 35.6 Å². The van der Waals surface area contributed by atoms with Crippen molar-refractivity contribution in [2.24, 2.45) is 5.92 Å². The Balaban J connectivity index is 1.99. The number of carbonyl (C=O) groups excluding carboxylic acids is 1. The maximum atomic E-state index is 12.1. The molecule has 0 saturated heterocycles. The van der Waals surface area contributed by atoms with Crippen LogP contribution < -0.4 is 5.32 Å². The second kappa shape index (κ2) is 8.36. The lowest BCUT2D eigenvalue weighted by molar-refractivity contribution is -0.119. The first-order valence-electron chi connectivity index (χ1n) is 8.03. The molecule has 1 unspecified atom stereocenters. The molecule has 1 heterocycles. The third-order valence-corrected chi connectivity index (χ3v) is 4.59. The lowest BCUT2D eigenvalue weighted by Gasteiger charge is -2.18. The Morgan fingerprint density at radius 2 is 2.13 bits per heavy atom. The molecule has 1 amide bonds. The summed E-state index contributed by atoms with van der Waals surface area (Å²) < 4.78 is 2.12. The number of benzene rings is 1. The Bertz CT molecular complexity index is 654. The van der Waals surface area contributed by atoms with Gasteiger partial charge >= 0.3 is 0 Å². The molecule has 6 heteroatoms. The molecule has 1 aromatic heterocycles. The zero-order valence-corrected chi connectivity index (χ0v) is 14.8. The number of nitrogens with one attached hydrogen (secondary N) is 1. The number of imidazole rings is 1. The Hall–Kier alpha value is -1.53. The first kappa shape index (κ1) is 17.8. The van der Waals surface area contributed by atoms with E-state index >= 15 is 0 Å². The number of aliphatic hydroxyl groups is 1. The van der Waals surface area contributed by atoms with Crippen molar-refractivity contribution in [3.8, 4) is 0 Å². The summed E-state index contributed by atoms with van der Waals surface area (Å²) in [7, 11) is 0. The first-order chi connectivity index (χ1) is 11.0. The molecule has 126 valence electrons. The molecule has 2 rings (SSSR count). The van der Waals surface area contributed by atoms with Crippen LogP contribution in [0, 0.1) is 5.92 Å². The van der Waals surface area contributed by atoms with Gasteiger partial charge in [-0.25, -0.2) is 4.98 Å². The third-order valence-electron chi connectivity index (χ3n) is 3.61. The maximum absolute atomic E-state index is 12.1. The molecule has 0 aliphatic carbocycles. The van der Waals surface area contributed by atoms with Crippen molar-refractivity contribution in [3.05, 3.63) is 24.3 Å². The molecule has 0 saturated carbocycles. The van der Waals surface area contributed by atoms with Gasteiger partial charge in [0.25, 0.3) is 0 Å². The SMILES string of the molecule is CCn1c(SCC(=O)NC(CO)CC(C)C)nc2ccccc21. The van der Waals surface area contributed by atoms with E-state index in [-0.39, 0.29) is 18.6 Å². The van der Waals surface area contributed by atoms with Gasteiger partial charge in [0.2, 0.25) is 5.91 Å². The van der Waals surface area contributed by atoms with Gasteiger partial charge in [-0.1, -0.05) is 37.7 Å². The van der Waals surface area contributed by atoms with E-state index in [0.717, 1.165) is 29.2 Å². The number of nitrogens with zero attached hydrogens (tertiary/aromatic N) is 2. The van der Waals surface area contributed by atoms with Crippen LogP contribution in [-0.2, 0) is 11.3 Å². The number of aromatic nitrogens is 2. The number of fused-ring (bicyclic) bond motifs is 1. The highest BCUT2D eigenvalue weighted by Crippen LogP contribution is 2.23. The molecule has 0 fully saturated rings. The summed E-state index contributed by atoms with van der Waals surface area (Å²) in [6.45, 7) is 7.02. The standard InChI is InChI=1S/C17H25N3O2S/c1-4-20-15-8-6-5-7-14(15)19-17(20)23-11-16(22)18-13(10-21)9-12(2)3/h5-8,12-13,21H,4,9-11H2,1-3H3,(H,18,22). The Kier molecular flexibility index (Phi) is 6.47. The summed E-state index contributed by atoms with van der Waals surface area (Å²) in [6.07, 6.45) is 0.778. The molecule has 0 spiro atoms. The van der Waals surface area contributed by atoms with Crippen molar-refractivity contribution < 1.29 is 9.90 Å². The average Bonchev–Trinajstić information content (AvgIpc) is 2.89. The summed E-state index contributed by atoms with van der Waals surface area (Å²) in [4.78, 5) is 16.7. The summed E-state index contributed by atoms with van der Waals surface area (Å²) in [5.74, 6) is 0.673. The third kappa shape index (κ3) is 4.72. The van der Waals surface area contributed by atoms with Gasteiger partial charge in [-0.2, -0.15) is 0 Å². The van der Waals surface area contributed by atoms with Gasteiger partial charge in [0.05, 0.1) is 29.4 Å². The highest BCUT2D eigenvalue weighted by atomic mass is 32.2. The van der Waals surface area contributed by atoms with E-state index in [9.17, 15) is 9.90 Å². The van der Waals surface area contributed by atoms with E-state index in [1.54, 1.807) is 0 Å². The summed E-state index contributed by atoms with van der Waals surface area (Å²) in [6, 6.07) is 7.81. The van der Waals surface area contributed by atoms with Gasteiger partial charge in [0, 0.05) is 6.54 Å². The second-order valence-electron chi connectivity index (χ2n) is 5.99. The summed E-state index contributed by atoms with van der Waals surface area (Å²) in [5.41, 5.74) is 2.04. The smallest absolute Gasteiger partial charge is 0.230 e. The molecule has 5 nitrogen and oxygen atoms in total. The molecule has 23 heavy (non-hydrogen) atoms. The van der Waals surface area contributed by atoms with Crippen LogP contribution in [0.4, 0.5) is 0 Å². The lowest BCUT2D eigenvalue weighted by Crippen LogP contribution is -2.39. The molecule has 2 N–H and O–H groups in total. The van der Waals surface area contributed by atoms with Gasteiger partial charge in [0.1, 0.15) is 0 Å². The van der Waals surface area contributed by atoms with E-state index in [1.807, 2.05) is 24.3 Å². The van der Waals surface area contributed by atoms with Crippen LogP contribution in [0.25, 0.3) is 11.0 Å². The minimum Gasteiger partial charge on any atom is -0.394 e. The van der Waals surface area contributed by atoms with Crippen LogP contribution in [-0.4, -0.2) is 39.0 Å². The van der Waals surface area contributed by atoms with Crippen LogP contribution in [0.2, 0.25) is 0 Å². The van der Waals surface area contributed by atoms with Gasteiger partial charge < -0.3 is 15.0 Å². The number of thioether (sulfide) groups is 1. The molecule has 1 aromatic carbocycles. The van der Waals surface area contributed by atoms with Crippen molar-refractivity contribution in [1.29, 1.82) is 0 Å². The highest BCUT2D eigenvalue weighted by molar-refractivity contribution is 7.99. The molecule has 0 aliphatic rings. The molecule has 0 radical (unpaired) electrons. The van der Waals surface area contributed by atoms with E-state index in [0.29, 0.717) is 11.7 Å². The molecular formula is C17H25N3O2S. The fourth-order valence-corrected chi connectivity index (χ4v) is 3.51. The van der Waals surface area contributed by atoms with Crippen LogP contribution in [0.5, 0.6) is 0 Å². The Morgan fingerprint density at radius 1 is 1.39 bits per heavy atom.